The lowest BCUT2D eigenvalue weighted by atomic mass is 10.2. The molecule has 3 aromatic heterocycles. The summed E-state index contributed by atoms with van der Waals surface area (Å²) in [5.74, 6) is -0.0911. The first kappa shape index (κ1) is 21.0. The monoisotopic (exact) mass is 473 g/mol. The Bertz CT molecular complexity index is 1550. The van der Waals surface area contributed by atoms with Crippen LogP contribution < -0.4 is 5.56 Å². The normalized spacial score (nSPS) is 16.0. The average molecular weight is 474 g/mol. The summed E-state index contributed by atoms with van der Waals surface area (Å²) in [5.41, 5.74) is 2.03. The van der Waals surface area contributed by atoms with Crippen molar-refractivity contribution < 1.29 is 9.21 Å². The van der Waals surface area contributed by atoms with Crippen molar-refractivity contribution in [2.75, 3.05) is 26.2 Å². The number of benzene rings is 2. The van der Waals surface area contributed by atoms with E-state index in [2.05, 4.69) is 22.9 Å². The number of carbonyl (C=O) groups excluding carboxylic acids is 1. The van der Waals surface area contributed by atoms with E-state index in [0.717, 1.165) is 29.0 Å². The zero-order valence-corrected chi connectivity index (χ0v) is 19.5. The maximum atomic E-state index is 13.0. The van der Waals surface area contributed by atoms with Gasteiger partial charge in [0.05, 0.1) is 22.6 Å². The number of furan rings is 1. The van der Waals surface area contributed by atoms with Gasteiger partial charge >= 0.3 is 0 Å². The minimum absolute atomic E-state index is 0.0494. The van der Waals surface area contributed by atoms with Crippen LogP contribution in [0.4, 0.5) is 0 Å². The third kappa shape index (κ3) is 3.57. The van der Waals surface area contributed by atoms with Gasteiger partial charge in [0.1, 0.15) is 22.7 Å². The molecule has 1 atom stereocenters. The fraction of sp³-hybridized carbons (Fsp3) is 0.280. The standard InChI is InChI=1S/C25H23N5O3S/c1-16(24-27-18-7-3-5-9-20(18)34-24)28-10-12-29(13-11-28)21(31)14-30-15-26-22-17-6-2-4-8-19(17)33-23(22)25(30)32/h2-9,15-16H,10-14H2,1H3. The third-order valence-corrected chi connectivity index (χ3v) is 7.75. The van der Waals surface area contributed by atoms with E-state index in [-0.39, 0.29) is 29.6 Å². The lowest BCUT2D eigenvalue weighted by molar-refractivity contribution is -0.134. The number of nitrogens with zero attached hydrogens (tertiary/aromatic N) is 5. The summed E-state index contributed by atoms with van der Waals surface area (Å²) in [6.45, 7) is 4.87. The summed E-state index contributed by atoms with van der Waals surface area (Å²) in [6.07, 6.45) is 1.44. The molecule has 0 N–H and O–H groups in total. The third-order valence-electron chi connectivity index (χ3n) is 6.54. The number of amides is 1. The summed E-state index contributed by atoms with van der Waals surface area (Å²) in [4.78, 5) is 39.3. The van der Waals surface area contributed by atoms with Crippen LogP contribution in [0, 0.1) is 0 Å². The van der Waals surface area contributed by atoms with Gasteiger partial charge in [-0.3, -0.25) is 19.1 Å². The molecule has 1 saturated heterocycles. The molecule has 0 saturated carbocycles. The van der Waals surface area contributed by atoms with E-state index in [9.17, 15) is 9.59 Å². The van der Waals surface area contributed by atoms with Gasteiger partial charge in [-0.2, -0.15) is 0 Å². The Hall–Kier alpha value is -3.56. The number of thiazole rings is 1. The highest BCUT2D eigenvalue weighted by atomic mass is 32.1. The molecule has 0 radical (unpaired) electrons. The lowest BCUT2D eigenvalue weighted by Crippen LogP contribution is -2.50. The SMILES string of the molecule is CC(c1nc2ccccc2s1)N1CCN(C(=O)Cn2cnc3c(oc4ccccc43)c2=O)CC1. The molecule has 8 nitrogen and oxygen atoms in total. The van der Waals surface area contributed by atoms with Gasteiger partial charge in [-0.05, 0) is 31.2 Å². The van der Waals surface area contributed by atoms with E-state index >= 15 is 0 Å². The van der Waals surface area contributed by atoms with Gasteiger partial charge in [-0.1, -0.05) is 24.3 Å². The summed E-state index contributed by atoms with van der Waals surface area (Å²) in [7, 11) is 0. The highest BCUT2D eigenvalue weighted by Crippen LogP contribution is 2.30. The zero-order valence-electron chi connectivity index (χ0n) is 18.7. The van der Waals surface area contributed by atoms with Gasteiger partial charge in [-0.15, -0.1) is 11.3 Å². The van der Waals surface area contributed by atoms with Crippen LogP contribution in [0.25, 0.3) is 32.3 Å². The van der Waals surface area contributed by atoms with E-state index in [1.165, 1.54) is 15.6 Å². The zero-order chi connectivity index (χ0) is 23.2. The summed E-state index contributed by atoms with van der Waals surface area (Å²) < 4.78 is 8.25. The molecule has 0 spiro atoms. The summed E-state index contributed by atoms with van der Waals surface area (Å²) in [6, 6.07) is 15.8. The molecule has 0 bridgehead atoms. The minimum atomic E-state index is -0.336. The van der Waals surface area contributed by atoms with Crippen molar-refractivity contribution in [2.24, 2.45) is 0 Å². The molecule has 9 heteroatoms. The molecular formula is C25H23N5O3S. The number of hydrogen-bond donors (Lipinski definition) is 0. The molecule has 1 aliphatic rings. The smallest absolute Gasteiger partial charge is 0.297 e. The Morgan fingerprint density at radius 1 is 1.09 bits per heavy atom. The summed E-state index contributed by atoms with van der Waals surface area (Å²) >= 11 is 1.72. The van der Waals surface area contributed by atoms with Gasteiger partial charge in [0.2, 0.25) is 11.5 Å². The van der Waals surface area contributed by atoms with Crippen LogP contribution in [-0.2, 0) is 11.3 Å². The first-order chi connectivity index (χ1) is 16.6. The van der Waals surface area contributed by atoms with Crippen LogP contribution in [0.2, 0.25) is 0 Å². The summed E-state index contributed by atoms with van der Waals surface area (Å²) in [5, 5.41) is 1.89. The molecule has 5 aromatic rings. The topological polar surface area (TPSA) is 84.5 Å². The van der Waals surface area contributed by atoms with Crippen molar-refractivity contribution in [1.29, 1.82) is 0 Å². The number of piperazine rings is 1. The molecule has 6 rings (SSSR count). The Morgan fingerprint density at radius 3 is 2.68 bits per heavy atom. The molecule has 1 fully saturated rings. The van der Waals surface area contributed by atoms with Crippen LogP contribution in [-0.4, -0.2) is 56.4 Å². The maximum Gasteiger partial charge on any atom is 0.297 e. The Morgan fingerprint density at radius 2 is 1.85 bits per heavy atom. The second kappa shape index (κ2) is 8.34. The molecule has 4 heterocycles. The first-order valence-electron chi connectivity index (χ1n) is 11.3. The van der Waals surface area contributed by atoms with Crippen LogP contribution in [0.3, 0.4) is 0 Å². The molecular weight excluding hydrogens is 450 g/mol. The predicted octanol–water partition coefficient (Wildman–Crippen LogP) is 3.66. The van der Waals surface area contributed by atoms with Crippen LogP contribution >= 0.6 is 11.3 Å². The fourth-order valence-electron chi connectivity index (χ4n) is 4.56. The molecule has 2 aromatic carbocycles. The highest BCUT2D eigenvalue weighted by molar-refractivity contribution is 7.18. The number of aromatic nitrogens is 3. The van der Waals surface area contributed by atoms with E-state index in [4.69, 9.17) is 9.40 Å². The number of para-hydroxylation sites is 2. The highest BCUT2D eigenvalue weighted by Gasteiger charge is 2.27. The van der Waals surface area contributed by atoms with Crippen LogP contribution in [0.15, 0.2) is 64.1 Å². The van der Waals surface area contributed by atoms with Crippen molar-refractivity contribution >= 4 is 49.5 Å². The Balaban J connectivity index is 1.14. The van der Waals surface area contributed by atoms with Crippen molar-refractivity contribution in [2.45, 2.75) is 19.5 Å². The van der Waals surface area contributed by atoms with E-state index in [0.29, 0.717) is 24.2 Å². The van der Waals surface area contributed by atoms with Crippen LogP contribution in [0.1, 0.15) is 18.0 Å². The second-order valence-electron chi connectivity index (χ2n) is 8.57. The van der Waals surface area contributed by atoms with E-state index in [1.54, 1.807) is 17.4 Å². The van der Waals surface area contributed by atoms with Gasteiger partial charge in [0.25, 0.3) is 5.56 Å². The maximum absolute atomic E-state index is 13.0. The Kier molecular flexibility index (Phi) is 5.15. The predicted molar refractivity (Wildman–Crippen MR) is 132 cm³/mol. The van der Waals surface area contributed by atoms with Crippen molar-refractivity contribution in [1.82, 2.24) is 24.3 Å². The van der Waals surface area contributed by atoms with E-state index < -0.39 is 0 Å². The van der Waals surface area contributed by atoms with Crippen molar-refractivity contribution in [3.63, 3.8) is 0 Å². The molecule has 0 aliphatic carbocycles. The van der Waals surface area contributed by atoms with E-state index in [1.807, 2.05) is 41.3 Å². The quantitative estimate of drug-likeness (QED) is 0.396. The Labute approximate surface area is 199 Å². The molecule has 1 unspecified atom stereocenters. The number of hydrogen-bond acceptors (Lipinski definition) is 7. The number of carbonyl (C=O) groups is 1. The van der Waals surface area contributed by atoms with Crippen LogP contribution in [0.5, 0.6) is 0 Å². The first-order valence-corrected chi connectivity index (χ1v) is 12.1. The number of rotatable bonds is 4. The van der Waals surface area contributed by atoms with Crippen molar-refractivity contribution in [3.8, 4) is 0 Å². The number of fused-ring (bicyclic) bond motifs is 4. The lowest BCUT2D eigenvalue weighted by Gasteiger charge is -2.37. The minimum Gasteiger partial charge on any atom is -0.448 e. The molecule has 1 aliphatic heterocycles. The van der Waals surface area contributed by atoms with Gasteiger partial charge in [0, 0.05) is 31.6 Å². The average Bonchev–Trinajstić information content (AvgIpc) is 3.47. The van der Waals surface area contributed by atoms with Crippen molar-refractivity contribution in [3.05, 3.63) is 70.2 Å². The molecule has 172 valence electrons. The fourth-order valence-corrected chi connectivity index (χ4v) is 5.61. The van der Waals surface area contributed by atoms with Gasteiger partial charge in [-0.25, -0.2) is 9.97 Å². The second-order valence-corrected chi connectivity index (χ2v) is 9.63. The molecule has 34 heavy (non-hydrogen) atoms. The van der Waals surface area contributed by atoms with Gasteiger partial charge in [0.15, 0.2) is 0 Å². The van der Waals surface area contributed by atoms with Gasteiger partial charge < -0.3 is 9.32 Å². The largest absolute Gasteiger partial charge is 0.448 e. The molecule has 1 amide bonds.